The van der Waals surface area contributed by atoms with Crippen LogP contribution in [0.3, 0.4) is 0 Å². The zero-order valence-corrected chi connectivity index (χ0v) is 19.5. The van der Waals surface area contributed by atoms with Crippen molar-refractivity contribution < 1.29 is 38.5 Å². The highest BCUT2D eigenvalue weighted by atomic mass is 19.1. The Morgan fingerprint density at radius 1 is 0.541 bits per heavy atom. The van der Waals surface area contributed by atoms with Crippen LogP contribution < -0.4 is 0 Å². The van der Waals surface area contributed by atoms with E-state index in [0.717, 1.165) is 24.3 Å². The Labute approximate surface area is 210 Å². The second kappa shape index (κ2) is 10.0. The summed E-state index contributed by atoms with van der Waals surface area (Å²) in [5.41, 5.74) is 2.80. The molecule has 3 N–H and O–H groups in total. The zero-order valence-electron chi connectivity index (χ0n) is 19.5. The summed E-state index contributed by atoms with van der Waals surface area (Å²) in [7, 11) is 0. The molecule has 37 heavy (non-hydrogen) atoms. The predicted octanol–water partition coefficient (Wildman–Crippen LogP) is 6.62. The van der Waals surface area contributed by atoms with E-state index in [0.29, 0.717) is 45.4 Å². The zero-order chi connectivity index (χ0) is 26.9. The lowest BCUT2D eigenvalue weighted by Gasteiger charge is -2.14. The molecule has 0 aliphatic rings. The third-order valence-corrected chi connectivity index (χ3v) is 6.05. The number of carbonyl (C=O) groups is 3. The van der Waals surface area contributed by atoms with Gasteiger partial charge in [0, 0.05) is 0 Å². The number of hydrogen-bond donors (Lipinski definition) is 3. The smallest absolute Gasteiger partial charge is 0.338 e. The van der Waals surface area contributed by atoms with Crippen molar-refractivity contribution in [1.29, 1.82) is 0 Å². The largest absolute Gasteiger partial charge is 0.478 e. The van der Waals surface area contributed by atoms with Crippen LogP contribution in [0.25, 0.3) is 33.4 Å². The molecule has 6 nitrogen and oxygen atoms in total. The van der Waals surface area contributed by atoms with E-state index in [4.69, 9.17) is 10.2 Å². The van der Waals surface area contributed by atoms with E-state index in [1.54, 1.807) is 30.3 Å². The summed E-state index contributed by atoms with van der Waals surface area (Å²) in [6.07, 6.45) is 0.464. The summed E-state index contributed by atoms with van der Waals surface area (Å²) in [5, 5.41) is 27.8. The van der Waals surface area contributed by atoms with Crippen LogP contribution in [0.4, 0.5) is 8.78 Å². The summed E-state index contributed by atoms with van der Waals surface area (Å²) >= 11 is 0. The Hall–Kier alpha value is -4.85. The predicted molar refractivity (Wildman–Crippen MR) is 133 cm³/mol. The van der Waals surface area contributed by atoms with Crippen molar-refractivity contribution in [3.8, 4) is 33.4 Å². The van der Waals surface area contributed by atoms with Crippen molar-refractivity contribution in [2.45, 2.75) is 13.3 Å². The van der Waals surface area contributed by atoms with Crippen LogP contribution in [0, 0.1) is 11.6 Å². The summed E-state index contributed by atoms with van der Waals surface area (Å²) in [6.45, 7) is 1.83. The number of aryl methyl sites for hydroxylation is 1. The standard InChI is InChI=1S/C29H20F2O6/c1-2-15-9-16(3-6-22(15)27(32)33)19-10-20(17-4-7-23(28(34)35)25(30)13-17)12-21(11-19)18-5-8-24(29(36)37)26(31)14-18/h3-14H,2H2,1H3,(H,32,33)(H,34,35)(H,36,37). The first-order valence-corrected chi connectivity index (χ1v) is 11.2. The molecule has 0 aromatic heterocycles. The van der Waals surface area contributed by atoms with Crippen molar-refractivity contribution in [2.24, 2.45) is 0 Å². The van der Waals surface area contributed by atoms with E-state index in [1.165, 1.54) is 18.2 Å². The molecule has 0 bridgehead atoms. The van der Waals surface area contributed by atoms with Crippen LogP contribution in [0.2, 0.25) is 0 Å². The number of aromatic carboxylic acids is 3. The van der Waals surface area contributed by atoms with Gasteiger partial charge in [-0.25, -0.2) is 23.2 Å². The monoisotopic (exact) mass is 502 g/mol. The molecule has 0 unspecified atom stereocenters. The average Bonchev–Trinajstić information content (AvgIpc) is 2.87. The first kappa shape index (κ1) is 25.2. The third-order valence-electron chi connectivity index (χ3n) is 6.05. The number of halogens is 2. The van der Waals surface area contributed by atoms with Gasteiger partial charge in [0.05, 0.1) is 16.7 Å². The van der Waals surface area contributed by atoms with E-state index in [2.05, 4.69) is 0 Å². The molecule has 0 saturated heterocycles. The fourth-order valence-corrected chi connectivity index (χ4v) is 4.14. The highest BCUT2D eigenvalue weighted by molar-refractivity contribution is 5.92. The number of benzene rings is 4. The molecule has 0 atom stereocenters. The number of hydrogen-bond acceptors (Lipinski definition) is 3. The minimum atomic E-state index is -1.40. The quantitative estimate of drug-likeness (QED) is 0.262. The lowest BCUT2D eigenvalue weighted by Crippen LogP contribution is -2.02. The van der Waals surface area contributed by atoms with Gasteiger partial charge >= 0.3 is 17.9 Å². The fraction of sp³-hybridized carbons (Fsp3) is 0.0690. The number of rotatable bonds is 7. The van der Waals surface area contributed by atoms with Gasteiger partial charge in [0.25, 0.3) is 0 Å². The second-order valence-corrected chi connectivity index (χ2v) is 8.33. The van der Waals surface area contributed by atoms with Gasteiger partial charge in [-0.15, -0.1) is 0 Å². The Kier molecular flexibility index (Phi) is 6.84. The Bertz CT molecular complexity index is 1490. The summed E-state index contributed by atoms with van der Waals surface area (Å²) < 4.78 is 29.0. The first-order chi connectivity index (χ1) is 17.6. The van der Waals surface area contributed by atoms with Crippen LogP contribution in [-0.2, 0) is 6.42 Å². The van der Waals surface area contributed by atoms with Crippen molar-refractivity contribution in [2.75, 3.05) is 0 Å². The van der Waals surface area contributed by atoms with E-state index in [1.807, 2.05) is 6.92 Å². The Morgan fingerprint density at radius 2 is 0.892 bits per heavy atom. The second-order valence-electron chi connectivity index (χ2n) is 8.33. The summed E-state index contributed by atoms with van der Waals surface area (Å²) in [6, 6.07) is 17.4. The molecule has 0 amide bonds. The minimum absolute atomic E-state index is 0.167. The molecule has 0 saturated carbocycles. The van der Waals surface area contributed by atoms with Gasteiger partial charge in [0.1, 0.15) is 11.6 Å². The molecule has 0 heterocycles. The molecule has 0 spiro atoms. The fourth-order valence-electron chi connectivity index (χ4n) is 4.14. The van der Waals surface area contributed by atoms with E-state index >= 15 is 0 Å². The Morgan fingerprint density at radius 3 is 1.22 bits per heavy atom. The lowest BCUT2D eigenvalue weighted by molar-refractivity contribution is 0.0680. The van der Waals surface area contributed by atoms with Gasteiger partial charge in [-0.3, -0.25) is 0 Å². The SMILES string of the molecule is CCc1cc(-c2cc(-c3ccc(C(=O)O)c(F)c3)cc(-c3ccc(C(=O)O)c(F)c3)c2)ccc1C(=O)O. The van der Waals surface area contributed by atoms with Crippen molar-refractivity contribution in [3.05, 3.63) is 107 Å². The normalized spacial score (nSPS) is 10.8. The van der Waals surface area contributed by atoms with Crippen LogP contribution in [-0.4, -0.2) is 33.2 Å². The topological polar surface area (TPSA) is 112 Å². The van der Waals surface area contributed by atoms with Gasteiger partial charge in [0.15, 0.2) is 0 Å². The molecule has 0 fully saturated rings. The maximum Gasteiger partial charge on any atom is 0.338 e. The maximum atomic E-state index is 14.5. The molecule has 186 valence electrons. The van der Waals surface area contributed by atoms with Crippen molar-refractivity contribution in [1.82, 2.24) is 0 Å². The van der Waals surface area contributed by atoms with E-state index in [9.17, 15) is 28.3 Å². The molecular weight excluding hydrogens is 482 g/mol. The lowest BCUT2D eigenvalue weighted by atomic mass is 9.91. The van der Waals surface area contributed by atoms with E-state index < -0.39 is 40.7 Å². The van der Waals surface area contributed by atoms with Crippen LogP contribution >= 0.6 is 0 Å². The summed E-state index contributed by atoms with van der Waals surface area (Å²) in [4.78, 5) is 34.0. The van der Waals surface area contributed by atoms with Crippen molar-refractivity contribution in [3.63, 3.8) is 0 Å². The van der Waals surface area contributed by atoms with Crippen LogP contribution in [0.15, 0.2) is 72.8 Å². The number of carboxylic acids is 3. The average molecular weight is 502 g/mol. The molecule has 4 aromatic carbocycles. The Balaban J connectivity index is 1.93. The molecule has 4 aromatic rings. The van der Waals surface area contributed by atoms with Gasteiger partial charge < -0.3 is 15.3 Å². The van der Waals surface area contributed by atoms with Crippen molar-refractivity contribution >= 4 is 17.9 Å². The molecule has 0 aliphatic heterocycles. The third kappa shape index (κ3) is 5.08. The number of carboxylic acid groups (broad SMARTS) is 3. The molecular formula is C29H20F2O6. The highest BCUT2D eigenvalue weighted by Crippen LogP contribution is 2.35. The summed E-state index contributed by atoms with van der Waals surface area (Å²) in [5.74, 6) is -5.71. The molecule has 8 heteroatoms. The molecule has 0 radical (unpaired) electrons. The highest BCUT2D eigenvalue weighted by Gasteiger charge is 2.16. The van der Waals surface area contributed by atoms with Crippen LogP contribution in [0.1, 0.15) is 43.6 Å². The first-order valence-electron chi connectivity index (χ1n) is 11.2. The van der Waals surface area contributed by atoms with Gasteiger partial charge in [-0.2, -0.15) is 0 Å². The van der Waals surface area contributed by atoms with E-state index in [-0.39, 0.29) is 5.56 Å². The van der Waals surface area contributed by atoms with Gasteiger partial charge in [0.2, 0.25) is 0 Å². The van der Waals surface area contributed by atoms with Gasteiger partial charge in [-0.1, -0.05) is 31.2 Å². The van der Waals surface area contributed by atoms with Gasteiger partial charge in [-0.05, 0) is 93.9 Å². The molecule has 4 rings (SSSR count). The van der Waals surface area contributed by atoms with Crippen LogP contribution in [0.5, 0.6) is 0 Å². The minimum Gasteiger partial charge on any atom is -0.478 e. The maximum absolute atomic E-state index is 14.5. The molecule has 0 aliphatic carbocycles.